The lowest BCUT2D eigenvalue weighted by atomic mass is 10.1. The number of aryl methyl sites for hydroxylation is 1. The van der Waals surface area contributed by atoms with E-state index in [0.717, 1.165) is 16.8 Å². The number of fused-ring (bicyclic) bond motifs is 1. The van der Waals surface area contributed by atoms with Crippen molar-refractivity contribution in [3.05, 3.63) is 65.2 Å². The highest BCUT2D eigenvalue weighted by molar-refractivity contribution is 5.89. The summed E-state index contributed by atoms with van der Waals surface area (Å²) in [6, 6.07) is 12.7. The minimum atomic E-state index is -1.99. The van der Waals surface area contributed by atoms with E-state index in [2.05, 4.69) is 10.1 Å². The number of pyridine rings is 1. The number of carbonyl (C=O) groups excluding carboxylic acids is 1. The summed E-state index contributed by atoms with van der Waals surface area (Å²) in [6.07, 6.45) is 2.08. The molecule has 10 heteroatoms. The number of amides is 1. The first-order valence-electron chi connectivity index (χ1n) is 10.4. The zero-order valence-electron chi connectivity index (χ0n) is 17.7. The molecule has 0 radical (unpaired) electrons. The highest BCUT2D eigenvalue weighted by Crippen LogP contribution is 2.54. The number of aromatic nitrogens is 5. The summed E-state index contributed by atoms with van der Waals surface area (Å²) in [5, 5.41) is 23.0. The van der Waals surface area contributed by atoms with Gasteiger partial charge in [0.25, 0.3) is 5.91 Å². The fourth-order valence-corrected chi connectivity index (χ4v) is 4.17. The molecule has 1 fully saturated rings. The van der Waals surface area contributed by atoms with E-state index >= 15 is 0 Å². The number of primary amides is 1. The lowest BCUT2D eigenvalue weighted by molar-refractivity contribution is -0.124. The Kier molecular flexibility index (Phi) is 4.72. The molecule has 9 nitrogen and oxygen atoms in total. The largest absolute Gasteiger partial charge is 0.396 e. The summed E-state index contributed by atoms with van der Waals surface area (Å²) < 4.78 is 17.8. The number of nitrogens with two attached hydrogens (primary N) is 1. The number of hydrogen-bond donors (Lipinski definition) is 2. The zero-order chi connectivity index (χ0) is 23.3. The van der Waals surface area contributed by atoms with Crippen molar-refractivity contribution >= 4 is 16.9 Å². The fourth-order valence-electron chi connectivity index (χ4n) is 4.17. The van der Waals surface area contributed by atoms with Gasteiger partial charge in [0.2, 0.25) is 0 Å². The van der Waals surface area contributed by atoms with Gasteiger partial charge in [0, 0.05) is 24.6 Å². The van der Waals surface area contributed by atoms with E-state index in [9.17, 15) is 19.6 Å². The number of nitriles is 1. The molecule has 1 aliphatic carbocycles. The molecule has 0 spiro atoms. The van der Waals surface area contributed by atoms with E-state index < -0.39 is 17.5 Å². The van der Waals surface area contributed by atoms with Crippen LogP contribution in [0.2, 0.25) is 0 Å². The maximum atomic E-state index is 14.5. The normalized spacial score (nSPS) is 19.5. The Balaban J connectivity index is 1.57. The van der Waals surface area contributed by atoms with Crippen molar-refractivity contribution in [2.75, 3.05) is 6.61 Å². The number of aliphatic hydroxyl groups is 1. The summed E-state index contributed by atoms with van der Waals surface area (Å²) in [4.78, 5) is 20.6. The molecule has 166 valence electrons. The average Bonchev–Trinajstić information content (AvgIpc) is 3.15. The minimum absolute atomic E-state index is 0.0568. The van der Waals surface area contributed by atoms with Gasteiger partial charge in [0.05, 0.1) is 11.0 Å². The van der Waals surface area contributed by atoms with Crippen LogP contribution < -0.4 is 5.73 Å². The van der Waals surface area contributed by atoms with Crippen LogP contribution in [-0.4, -0.2) is 47.6 Å². The van der Waals surface area contributed by atoms with Crippen LogP contribution in [-0.2, 0) is 11.2 Å². The topological polar surface area (TPSA) is 136 Å². The van der Waals surface area contributed by atoms with Gasteiger partial charge in [-0.1, -0.05) is 12.1 Å². The van der Waals surface area contributed by atoms with E-state index in [1.165, 1.54) is 0 Å². The van der Waals surface area contributed by atoms with Crippen molar-refractivity contribution in [2.45, 2.75) is 31.4 Å². The van der Waals surface area contributed by atoms with Crippen molar-refractivity contribution in [2.24, 2.45) is 5.73 Å². The molecule has 0 aliphatic heterocycles. The van der Waals surface area contributed by atoms with Crippen molar-refractivity contribution in [3.63, 3.8) is 0 Å². The summed E-state index contributed by atoms with van der Waals surface area (Å²) in [5.41, 5.74) is 7.06. The smallest absolute Gasteiger partial charge is 0.255 e. The molecule has 0 bridgehead atoms. The van der Waals surface area contributed by atoms with Gasteiger partial charge in [-0.3, -0.25) is 9.36 Å². The number of halogens is 1. The number of benzene rings is 1. The summed E-state index contributed by atoms with van der Waals surface area (Å²) in [6.45, 7) is 1.77. The number of carbonyl (C=O) groups is 1. The van der Waals surface area contributed by atoms with Crippen LogP contribution in [0.15, 0.2) is 42.7 Å². The van der Waals surface area contributed by atoms with Crippen LogP contribution in [0.25, 0.3) is 22.7 Å². The van der Waals surface area contributed by atoms with E-state index in [-0.39, 0.29) is 18.7 Å². The second kappa shape index (κ2) is 7.50. The van der Waals surface area contributed by atoms with Gasteiger partial charge in [0.15, 0.2) is 17.2 Å². The predicted molar refractivity (Wildman–Crippen MR) is 117 cm³/mol. The van der Waals surface area contributed by atoms with E-state index in [1.54, 1.807) is 33.8 Å². The molecule has 3 heterocycles. The molecule has 3 N–H and O–H groups in total. The van der Waals surface area contributed by atoms with E-state index in [4.69, 9.17) is 10.7 Å². The summed E-state index contributed by atoms with van der Waals surface area (Å²) >= 11 is 0. The Morgan fingerprint density at radius 1 is 1.36 bits per heavy atom. The van der Waals surface area contributed by atoms with Gasteiger partial charge < -0.3 is 10.8 Å². The molecule has 0 saturated heterocycles. The summed E-state index contributed by atoms with van der Waals surface area (Å²) in [5.74, 6) is -0.408. The molecule has 33 heavy (non-hydrogen) atoms. The number of rotatable bonds is 6. The monoisotopic (exact) mass is 445 g/mol. The molecule has 1 aliphatic rings. The highest BCUT2D eigenvalue weighted by atomic mass is 19.1. The number of nitrogens with zero attached hydrogens (tertiary/aromatic N) is 6. The quantitative estimate of drug-likeness (QED) is 0.466. The first-order valence-corrected chi connectivity index (χ1v) is 10.4. The van der Waals surface area contributed by atoms with Gasteiger partial charge >= 0.3 is 0 Å². The molecule has 1 saturated carbocycles. The second-order valence-corrected chi connectivity index (χ2v) is 8.17. The molecule has 1 aromatic carbocycles. The number of alkyl halides is 1. The standard InChI is InChI=1S/C23H20FN7O2/c1-13-8-16(11-25)29-31(13)21-14(6-7-32)3-5-20(28-21)30-12-27-18-9-15(2-4-19(18)30)17-10-23(17,24)22(26)33/h2-5,8-9,12,17,32H,6-7,10H2,1H3,(H2,26,33). The van der Waals surface area contributed by atoms with Crippen LogP contribution in [0.1, 0.15) is 34.9 Å². The minimum Gasteiger partial charge on any atom is -0.396 e. The average molecular weight is 445 g/mol. The molecule has 3 aromatic heterocycles. The highest BCUT2D eigenvalue weighted by Gasteiger charge is 2.61. The van der Waals surface area contributed by atoms with Crippen molar-refractivity contribution in [3.8, 4) is 17.7 Å². The molecule has 2 unspecified atom stereocenters. The molecule has 1 amide bonds. The molecule has 4 aromatic rings. The predicted octanol–water partition coefficient (Wildman–Crippen LogP) is 2.00. The van der Waals surface area contributed by atoms with Gasteiger partial charge in [-0.15, -0.1) is 0 Å². The summed E-state index contributed by atoms with van der Waals surface area (Å²) in [7, 11) is 0. The van der Waals surface area contributed by atoms with Crippen molar-refractivity contribution < 1.29 is 14.3 Å². The maximum absolute atomic E-state index is 14.5. The SMILES string of the molecule is Cc1cc(C#N)nn1-c1nc(-n2cnc3cc(C4CC4(F)C(N)=O)ccc32)ccc1CCO. The van der Waals surface area contributed by atoms with Crippen LogP contribution in [0.4, 0.5) is 4.39 Å². The Labute approximate surface area is 187 Å². The molecule has 5 rings (SSSR count). The van der Waals surface area contributed by atoms with Gasteiger partial charge in [-0.2, -0.15) is 10.4 Å². The Hall–Kier alpha value is -4.10. The van der Waals surface area contributed by atoms with E-state index in [0.29, 0.717) is 29.1 Å². The Bertz CT molecular complexity index is 1450. The first kappa shape index (κ1) is 20.8. The lowest BCUT2D eigenvalue weighted by Gasteiger charge is -2.12. The first-order chi connectivity index (χ1) is 15.9. The van der Waals surface area contributed by atoms with Crippen LogP contribution in [0, 0.1) is 18.3 Å². The van der Waals surface area contributed by atoms with E-state index in [1.807, 2.05) is 31.2 Å². The number of aliphatic hydroxyl groups excluding tert-OH is 1. The van der Waals surface area contributed by atoms with Crippen LogP contribution in [0.5, 0.6) is 0 Å². The number of imidazole rings is 1. The zero-order valence-corrected chi connectivity index (χ0v) is 17.7. The van der Waals surface area contributed by atoms with Crippen molar-refractivity contribution in [1.29, 1.82) is 5.26 Å². The van der Waals surface area contributed by atoms with Crippen LogP contribution >= 0.6 is 0 Å². The maximum Gasteiger partial charge on any atom is 0.255 e. The molecule has 2 atom stereocenters. The van der Waals surface area contributed by atoms with Gasteiger partial charge in [0.1, 0.15) is 18.2 Å². The molecular weight excluding hydrogens is 425 g/mol. The third kappa shape index (κ3) is 3.34. The van der Waals surface area contributed by atoms with Gasteiger partial charge in [-0.05, 0) is 48.7 Å². The Morgan fingerprint density at radius 3 is 2.85 bits per heavy atom. The third-order valence-electron chi connectivity index (χ3n) is 6.05. The third-order valence-corrected chi connectivity index (χ3v) is 6.05. The molecular formula is C23H20FN7O2. The fraction of sp³-hybridized carbons (Fsp3) is 0.261. The van der Waals surface area contributed by atoms with Crippen molar-refractivity contribution in [1.82, 2.24) is 24.3 Å². The Morgan fingerprint density at radius 2 is 2.18 bits per heavy atom. The van der Waals surface area contributed by atoms with Crippen LogP contribution in [0.3, 0.4) is 0 Å². The number of hydrogen-bond acceptors (Lipinski definition) is 6. The second-order valence-electron chi connectivity index (χ2n) is 8.17. The lowest BCUT2D eigenvalue weighted by Crippen LogP contribution is -2.27. The van der Waals surface area contributed by atoms with Gasteiger partial charge in [-0.25, -0.2) is 19.0 Å².